The lowest BCUT2D eigenvalue weighted by atomic mass is 9.91. The van der Waals surface area contributed by atoms with Gasteiger partial charge in [-0.2, -0.15) is 10.2 Å². The molecule has 3 aromatic rings. The van der Waals surface area contributed by atoms with Gasteiger partial charge in [0, 0.05) is 9.89 Å². The number of fused-ring (bicyclic) bond motifs is 1. The molecule has 1 aromatic carbocycles. The summed E-state index contributed by atoms with van der Waals surface area (Å²) in [5.74, 6) is 0.581. The minimum absolute atomic E-state index is 0.0821. The molecule has 0 amide bonds. The van der Waals surface area contributed by atoms with Gasteiger partial charge in [0.25, 0.3) is 0 Å². The van der Waals surface area contributed by atoms with Crippen LogP contribution in [0.15, 0.2) is 28.7 Å². The largest absolute Gasteiger partial charge is 0.383 e. The van der Waals surface area contributed by atoms with Crippen molar-refractivity contribution in [3.8, 4) is 0 Å². The monoisotopic (exact) mass is 347 g/mol. The first-order valence-electron chi connectivity index (χ1n) is 6.81. The molecule has 110 valence electrons. The normalized spacial score (nSPS) is 12.2. The molecule has 2 heterocycles. The minimum Gasteiger partial charge on any atom is -0.383 e. The SMILES string of the molecule is CC(C)(C)c1nn(Cc2ccc(Br)cc2)c2n[nH]c(N)c12. The van der Waals surface area contributed by atoms with E-state index in [0.29, 0.717) is 12.4 Å². The Morgan fingerprint density at radius 3 is 2.52 bits per heavy atom. The Labute approximate surface area is 131 Å². The zero-order chi connectivity index (χ0) is 15.2. The number of rotatable bonds is 2. The first kappa shape index (κ1) is 14.1. The summed E-state index contributed by atoms with van der Waals surface area (Å²) in [6, 6.07) is 8.20. The van der Waals surface area contributed by atoms with E-state index in [2.05, 4.69) is 59.0 Å². The lowest BCUT2D eigenvalue weighted by molar-refractivity contribution is 0.549. The van der Waals surface area contributed by atoms with Gasteiger partial charge < -0.3 is 5.73 Å². The minimum atomic E-state index is -0.0821. The fourth-order valence-corrected chi connectivity index (χ4v) is 2.65. The fourth-order valence-electron chi connectivity index (χ4n) is 2.38. The highest BCUT2D eigenvalue weighted by atomic mass is 79.9. The summed E-state index contributed by atoms with van der Waals surface area (Å²) in [5, 5.41) is 12.8. The third kappa shape index (κ3) is 2.55. The van der Waals surface area contributed by atoms with E-state index in [1.807, 2.05) is 16.8 Å². The zero-order valence-corrected chi connectivity index (χ0v) is 13.9. The second kappa shape index (κ2) is 4.87. The summed E-state index contributed by atoms with van der Waals surface area (Å²) in [4.78, 5) is 0. The van der Waals surface area contributed by atoms with Gasteiger partial charge in [-0.3, -0.25) is 5.10 Å². The van der Waals surface area contributed by atoms with Crippen LogP contribution in [0.2, 0.25) is 0 Å². The number of aromatic amines is 1. The molecule has 0 aliphatic rings. The number of hydrogen-bond donors (Lipinski definition) is 2. The van der Waals surface area contributed by atoms with Crippen molar-refractivity contribution in [1.82, 2.24) is 20.0 Å². The predicted molar refractivity (Wildman–Crippen MR) is 88.2 cm³/mol. The second-order valence-electron chi connectivity index (χ2n) is 6.22. The van der Waals surface area contributed by atoms with Crippen LogP contribution in [0, 0.1) is 0 Å². The second-order valence-corrected chi connectivity index (χ2v) is 7.13. The van der Waals surface area contributed by atoms with Crippen LogP contribution >= 0.6 is 15.9 Å². The number of nitrogen functional groups attached to an aromatic ring is 1. The molecule has 5 nitrogen and oxygen atoms in total. The molecule has 0 radical (unpaired) electrons. The van der Waals surface area contributed by atoms with Crippen LogP contribution in [0.5, 0.6) is 0 Å². The summed E-state index contributed by atoms with van der Waals surface area (Å²) in [6.45, 7) is 7.06. The van der Waals surface area contributed by atoms with E-state index in [1.54, 1.807) is 0 Å². The van der Waals surface area contributed by atoms with E-state index in [1.165, 1.54) is 5.56 Å². The van der Waals surface area contributed by atoms with Crippen LogP contribution in [-0.4, -0.2) is 20.0 Å². The lowest BCUT2D eigenvalue weighted by Crippen LogP contribution is -2.14. The average molecular weight is 348 g/mol. The lowest BCUT2D eigenvalue weighted by Gasteiger charge is -2.15. The Morgan fingerprint density at radius 1 is 1.24 bits per heavy atom. The molecular weight excluding hydrogens is 330 g/mol. The van der Waals surface area contributed by atoms with Crippen molar-refractivity contribution >= 4 is 32.8 Å². The quantitative estimate of drug-likeness (QED) is 0.745. The molecule has 3 N–H and O–H groups in total. The van der Waals surface area contributed by atoms with E-state index in [0.717, 1.165) is 21.2 Å². The van der Waals surface area contributed by atoms with Gasteiger partial charge in [-0.15, -0.1) is 0 Å². The number of aromatic nitrogens is 4. The van der Waals surface area contributed by atoms with Crippen molar-refractivity contribution in [2.45, 2.75) is 32.7 Å². The summed E-state index contributed by atoms with van der Waals surface area (Å²) in [6.07, 6.45) is 0. The molecule has 0 saturated heterocycles. The van der Waals surface area contributed by atoms with Crippen LogP contribution < -0.4 is 5.73 Å². The molecule has 0 saturated carbocycles. The molecular formula is C15H18BrN5. The van der Waals surface area contributed by atoms with E-state index < -0.39 is 0 Å². The van der Waals surface area contributed by atoms with E-state index in [4.69, 9.17) is 10.8 Å². The molecule has 21 heavy (non-hydrogen) atoms. The van der Waals surface area contributed by atoms with Gasteiger partial charge in [-0.1, -0.05) is 48.8 Å². The number of H-pyrrole nitrogens is 1. The standard InChI is InChI=1S/C15H18BrN5/c1-15(2,3)12-11-13(17)18-19-14(11)21(20-12)8-9-4-6-10(16)7-5-9/h4-7H,8H2,1-3H3,(H3,17,18,19). The van der Waals surface area contributed by atoms with Crippen LogP contribution in [0.4, 0.5) is 5.82 Å². The Kier molecular flexibility index (Phi) is 3.28. The number of nitrogens with zero attached hydrogens (tertiary/aromatic N) is 3. The predicted octanol–water partition coefficient (Wildman–Crippen LogP) is 3.45. The van der Waals surface area contributed by atoms with Crippen molar-refractivity contribution < 1.29 is 0 Å². The first-order chi connectivity index (χ1) is 9.86. The van der Waals surface area contributed by atoms with E-state index in [-0.39, 0.29) is 5.41 Å². The molecule has 0 spiro atoms. The molecule has 0 atom stereocenters. The number of benzene rings is 1. The first-order valence-corrected chi connectivity index (χ1v) is 7.61. The number of hydrogen-bond acceptors (Lipinski definition) is 3. The Bertz CT molecular complexity index is 777. The van der Waals surface area contributed by atoms with Gasteiger partial charge >= 0.3 is 0 Å². The summed E-state index contributed by atoms with van der Waals surface area (Å²) < 4.78 is 2.97. The van der Waals surface area contributed by atoms with Crippen molar-refractivity contribution in [1.29, 1.82) is 0 Å². The van der Waals surface area contributed by atoms with Crippen LogP contribution in [0.3, 0.4) is 0 Å². The molecule has 0 unspecified atom stereocenters. The Hall–Kier alpha value is -1.82. The van der Waals surface area contributed by atoms with Gasteiger partial charge in [0.1, 0.15) is 5.82 Å². The van der Waals surface area contributed by atoms with E-state index in [9.17, 15) is 0 Å². The molecule has 0 aliphatic carbocycles. The highest BCUT2D eigenvalue weighted by Gasteiger charge is 2.25. The molecule has 0 bridgehead atoms. The highest BCUT2D eigenvalue weighted by Crippen LogP contribution is 2.31. The number of halogens is 1. The third-order valence-electron chi connectivity index (χ3n) is 3.43. The number of nitrogens with two attached hydrogens (primary N) is 1. The molecule has 0 aliphatic heterocycles. The summed E-state index contributed by atoms with van der Waals surface area (Å²) in [7, 11) is 0. The molecule has 6 heteroatoms. The maximum atomic E-state index is 6.02. The highest BCUT2D eigenvalue weighted by molar-refractivity contribution is 9.10. The smallest absolute Gasteiger partial charge is 0.182 e. The number of anilines is 1. The maximum Gasteiger partial charge on any atom is 0.182 e. The van der Waals surface area contributed by atoms with Gasteiger partial charge in [0.05, 0.1) is 17.6 Å². The van der Waals surface area contributed by atoms with Gasteiger partial charge in [-0.25, -0.2) is 4.68 Å². The van der Waals surface area contributed by atoms with Crippen molar-refractivity contribution in [3.63, 3.8) is 0 Å². The third-order valence-corrected chi connectivity index (χ3v) is 3.96. The molecule has 2 aromatic heterocycles. The van der Waals surface area contributed by atoms with Gasteiger partial charge in [-0.05, 0) is 17.7 Å². The fraction of sp³-hybridized carbons (Fsp3) is 0.333. The van der Waals surface area contributed by atoms with Crippen LogP contribution in [0.25, 0.3) is 11.0 Å². The zero-order valence-electron chi connectivity index (χ0n) is 12.3. The topological polar surface area (TPSA) is 72.5 Å². The van der Waals surface area contributed by atoms with Gasteiger partial charge in [0.2, 0.25) is 0 Å². The van der Waals surface area contributed by atoms with Crippen LogP contribution in [-0.2, 0) is 12.0 Å². The van der Waals surface area contributed by atoms with Crippen molar-refractivity contribution in [3.05, 3.63) is 40.0 Å². The summed E-state index contributed by atoms with van der Waals surface area (Å²) >= 11 is 3.45. The summed E-state index contributed by atoms with van der Waals surface area (Å²) in [5.41, 5.74) is 8.89. The van der Waals surface area contributed by atoms with Crippen molar-refractivity contribution in [2.75, 3.05) is 5.73 Å². The Morgan fingerprint density at radius 2 is 1.90 bits per heavy atom. The van der Waals surface area contributed by atoms with Gasteiger partial charge in [0.15, 0.2) is 5.65 Å². The average Bonchev–Trinajstić information content (AvgIpc) is 2.94. The van der Waals surface area contributed by atoms with E-state index >= 15 is 0 Å². The maximum absolute atomic E-state index is 6.02. The number of nitrogens with one attached hydrogen (secondary N) is 1. The Balaban J connectivity index is 2.09. The van der Waals surface area contributed by atoms with Crippen LogP contribution in [0.1, 0.15) is 32.0 Å². The van der Waals surface area contributed by atoms with Crippen molar-refractivity contribution in [2.24, 2.45) is 0 Å². The molecule has 0 fully saturated rings. The molecule has 3 rings (SSSR count).